The fourth-order valence-electron chi connectivity index (χ4n) is 2.15. The molecule has 1 aromatic heterocycles. The molecule has 1 amide bonds. The second-order valence-corrected chi connectivity index (χ2v) is 4.56. The number of likely N-dealkylation sites (tertiary alicyclic amines) is 1. The third-order valence-corrected chi connectivity index (χ3v) is 3.14. The molecule has 0 bridgehead atoms. The van der Waals surface area contributed by atoms with Crippen molar-refractivity contribution in [1.29, 1.82) is 0 Å². The highest BCUT2D eigenvalue weighted by atomic mass is 16.4. The third-order valence-electron chi connectivity index (χ3n) is 3.14. The number of carbonyl (C=O) groups is 3. The van der Waals surface area contributed by atoms with Gasteiger partial charge in [-0.25, -0.2) is 4.79 Å². The number of β-amino-alcohol motifs (C(OH)–C–C–N with tert-alkyl or cyclic N) is 1. The molecule has 2 rings (SSSR count). The fraction of sp³-hybridized carbons (Fsp3) is 0.417. The number of carboxylic acids is 1. The molecule has 7 nitrogen and oxygen atoms in total. The van der Waals surface area contributed by atoms with Gasteiger partial charge in [0.25, 0.3) is 5.91 Å². The molecule has 1 fully saturated rings. The Morgan fingerprint density at radius 1 is 1.42 bits per heavy atom. The Kier molecular flexibility index (Phi) is 3.39. The monoisotopic (exact) mass is 266 g/mol. The number of ketones is 1. The molecule has 0 aliphatic carbocycles. The minimum Gasteiger partial charge on any atom is -0.480 e. The normalized spacial score (nSPS) is 22.5. The zero-order valence-electron chi connectivity index (χ0n) is 10.3. The number of amides is 1. The van der Waals surface area contributed by atoms with E-state index >= 15 is 0 Å². The molecule has 0 saturated carbocycles. The predicted octanol–water partition coefficient (Wildman–Crippen LogP) is -0.123. The first-order valence-corrected chi connectivity index (χ1v) is 5.81. The molecular weight excluding hydrogens is 252 g/mol. The standard InChI is InChI=1S/C12H14N2O5/c1-6(15)7-2-9(13-4-7)11(17)14-5-8(16)3-10(14)12(18)19/h2,4,8,10,13,16H,3,5H2,1H3,(H,18,19)/t8-,10+/m1/s1. The van der Waals surface area contributed by atoms with Gasteiger partial charge in [0.05, 0.1) is 6.10 Å². The van der Waals surface area contributed by atoms with Gasteiger partial charge < -0.3 is 20.1 Å². The lowest BCUT2D eigenvalue weighted by Crippen LogP contribution is -2.40. The summed E-state index contributed by atoms with van der Waals surface area (Å²) in [4.78, 5) is 38.1. The first-order valence-electron chi connectivity index (χ1n) is 5.81. The lowest BCUT2D eigenvalue weighted by molar-refractivity contribution is -0.141. The summed E-state index contributed by atoms with van der Waals surface area (Å²) >= 11 is 0. The highest BCUT2D eigenvalue weighted by Gasteiger charge is 2.39. The zero-order chi connectivity index (χ0) is 14.2. The topological polar surface area (TPSA) is 111 Å². The number of Topliss-reactive ketones (excluding diaryl/α,β-unsaturated/α-hetero) is 1. The summed E-state index contributed by atoms with van der Waals surface area (Å²) in [5.74, 6) is -1.87. The van der Waals surface area contributed by atoms with Gasteiger partial charge in [0.2, 0.25) is 0 Å². The first-order chi connectivity index (χ1) is 8.90. The third kappa shape index (κ3) is 2.50. The van der Waals surface area contributed by atoms with Crippen molar-refractivity contribution >= 4 is 17.7 Å². The van der Waals surface area contributed by atoms with E-state index < -0.39 is 24.0 Å². The Labute approximate surface area is 108 Å². The number of nitrogens with one attached hydrogen (secondary N) is 1. The van der Waals surface area contributed by atoms with Crippen molar-refractivity contribution in [1.82, 2.24) is 9.88 Å². The lowest BCUT2D eigenvalue weighted by Gasteiger charge is -2.20. The number of aromatic nitrogens is 1. The Morgan fingerprint density at radius 3 is 2.63 bits per heavy atom. The predicted molar refractivity (Wildman–Crippen MR) is 63.9 cm³/mol. The van der Waals surface area contributed by atoms with Gasteiger partial charge in [0.15, 0.2) is 5.78 Å². The molecule has 3 N–H and O–H groups in total. The number of nitrogens with zero attached hydrogens (tertiary/aromatic N) is 1. The molecule has 19 heavy (non-hydrogen) atoms. The van der Waals surface area contributed by atoms with E-state index in [0.717, 1.165) is 4.90 Å². The summed E-state index contributed by atoms with van der Waals surface area (Å²) in [5.41, 5.74) is 0.500. The van der Waals surface area contributed by atoms with Crippen LogP contribution < -0.4 is 0 Å². The SMILES string of the molecule is CC(=O)c1c[nH]c(C(=O)N2C[C@H](O)C[C@H]2C(=O)O)c1. The van der Waals surface area contributed by atoms with Crippen molar-refractivity contribution in [3.63, 3.8) is 0 Å². The van der Waals surface area contributed by atoms with E-state index in [1.165, 1.54) is 19.2 Å². The summed E-state index contributed by atoms with van der Waals surface area (Å²) in [7, 11) is 0. The van der Waals surface area contributed by atoms with Crippen LogP contribution in [0, 0.1) is 0 Å². The van der Waals surface area contributed by atoms with E-state index in [1.807, 2.05) is 0 Å². The molecule has 1 aromatic rings. The molecular formula is C12H14N2O5. The maximum atomic E-state index is 12.2. The number of aliphatic carboxylic acids is 1. The average molecular weight is 266 g/mol. The van der Waals surface area contributed by atoms with Crippen LogP contribution in [0.15, 0.2) is 12.3 Å². The van der Waals surface area contributed by atoms with Crippen molar-refractivity contribution in [3.05, 3.63) is 23.5 Å². The highest BCUT2D eigenvalue weighted by Crippen LogP contribution is 2.21. The zero-order valence-corrected chi connectivity index (χ0v) is 10.3. The van der Waals surface area contributed by atoms with Gasteiger partial charge in [-0.15, -0.1) is 0 Å². The van der Waals surface area contributed by atoms with Crippen molar-refractivity contribution in [2.75, 3.05) is 6.54 Å². The van der Waals surface area contributed by atoms with Gasteiger partial charge in [-0.05, 0) is 13.0 Å². The lowest BCUT2D eigenvalue weighted by atomic mass is 10.2. The minimum atomic E-state index is -1.15. The quantitative estimate of drug-likeness (QED) is 0.660. The van der Waals surface area contributed by atoms with Crippen molar-refractivity contribution in [3.8, 4) is 0 Å². The summed E-state index contributed by atoms with van der Waals surface area (Å²) in [6.45, 7) is 1.35. The van der Waals surface area contributed by atoms with Gasteiger partial charge in [-0.2, -0.15) is 0 Å². The molecule has 0 unspecified atom stereocenters. The number of hydrogen-bond acceptors (Lipinski definition) is 4. The van der Waals surface area contributed by atoms with E-state index in [4.69, 9.17) is 5.11 Å². The molecule has 0 radical (unpaired) electrons. The fourth-order valence-corrected chi connectivity index (χ4v) is 2.15. The van der Waals surface area contributed by atoms with E-state index in [-0.39, 0.29) is 24.4 Å². The molecule has 7 heteroatoms. The van der Waals surface area contributed by atoms with Crippen LogP contribution >= 0.6 is 0 Å². The van der Waals surface area contributed by atoms with Crippen LogP contribution in [0.1, 0.15) is 34.2 Å². The van der Waals surface area contributed by atoms with E-state index in [1.54, 1.807) is 0 Å². The highest BCUT2D eigenvalue weighted by molar-refractivity contribution is 6.00. The largest absolute Gasteiger partial charge is 0.480 e. The number of carboxylic acid groups (broad SMARTS) is 1. The molecule has 1 aliphatic heterocycles. The summed E-state index contributed by atoms with van der Waals surface area (Å²) in [5, 5.41) is 18.5. The number of H-pyrrole nitrogens is 1. The Bertz CT molecular complexity index is 536. The number of aliphatic hydroxyl groups excluding tert-OH is 1. The Morgan fingerprint density at radius 2 is 2.11 bits per heavy atom. The molecule has 0 aromatic carbocycles. The number of aliphatic hydroxyl groups is 1. The average Bonchev–Trinajstić information content (AvgIpc) is 2.94. The second-order valence-electron chi connectivity index (χ2n) is 4.56. The number of aromatic amines is 1. The van der Waals surface area contributed by atoms with Crippen LogP contribution in [0.4, 0.5) is 0 Å². The number of hydrogen-bond donors (Lipinski definition) is 3. The maximum Gasteiger partial charge on any atom is 0.326 e. The number of carbonyl (C=O) groups excluding carboxylic acids is 2. The van der Waals surface area contributed by atoms with Crippen molar-refractivity contribution in [2.24, 2.45) is 0 Å². The minimum absolute atomic E-state index is 0.0152. The smallest absolute Gasteiger partial charge is 0.326 e. The van der Waals surface area contributed by atoms with Crippen LogP contribution in [0.2, 0.25) is 0 Å². The van der Waals surface area contributed by atoms with Gasteiger partial charge in [0.1, 0.15) is 11.7 Å². The van der Waals surface area contributed by atoms with Gasteiger partial charge in [0, 0.05) is 24.7 Å². The molecule has 0 spiro atoms. The summed E-state index contributed by atoms with van der Waals surface area (Å²) in [6, 6.07) is 0.348. The molecule has 1 saturated heterocycles. The number of rotatable bonds is 3. The van der Waals surface area contributed by atoms with Crippen LogP contribution in [-0.2, 0) is 4.79 Å². The van der Waals surface area contributed by atoms with Crippen LogP contribution in [0.5, 0.6) is 0 Å². The Balaban J connectivity index is 2.22. The maximum absolute atomic E-state index is 12.2. The summed E-state index contributed by atoms with van der Waals surface area (Å²) in [6.07, 6.45) is 0.575. The molecule has 2 heterocycles. The van der Waals surface area contributed by atoms with Crippen LogP contribution in [-0.4, -0.2) is 56.4 Å². The van der Waals surface area contributed by atoms with E-state index in [0.29, 0.717) is 5.56 Å². The molecule has 102 valence electrons. The van der Waals surface area contributed by atoms with Crippen molar-refractivity contribution < 1.29 is 24.6 Å². The first kappa shape index (κ1) is 13.3. The van der Waals surface area contributed by atoms with Crippen molar-refractivity contribution in [2.45, 2.75) is 25.5 Å². The molecule has 2 atom stereocenters. The van der Waals surface area contributed by atoms with Crippen LogP contribution in [0.3, 0.4) is 0 Å². The Hall–Kier alpha value is -2.15. The van der Waals surface area contributed by atoms with E-state index in [9.17, 15) is 19.5 Å². The van der Waals surface area contributed by atoms with Crippen LogP contribution in [0.25, 0.3) is 0 Å². The molecule has 1 aliphatic rings. The van der Waals surface area contributed by atoms with E-state index in [2.05, 4.69) is 4.98 Å². The van der Waals surface area contributed by atoms with Gasteiger partial charge in [-0.1, -0.05) is 0 Å². The second kappa shape index (κ2) is 4.85. The van der Waals surface area contributed by atoms with Gasteiger partial charge in [-0.3, -0.25) is 9.59 Å². The van der Waals surface area contributed by atoms with Gasteiger partial charge >= 0.3 is 5.97 Å². The summed E-state index contributed by atoms with van der Waals surface area (Å²) < 4.78 is 0.